The molecule has 5 heteroatoms. The summed E-state index contributed by atoms with van der Waals surface area (Å²) in [6, 6.07) is 6.83. The Morgan fingerprint density at radius 2 is 2.00 bits per heavy atom. The summed E-state index contributed by atoms with van der Waals surface area (Å²) in [5, 5.41) is 9.92. The Labute approximate surface area is 108 Å². The van der Waals surface area contributed by atoms with Crippen molar-refractivity contribution in [3.05, 3.63) is 53.7 Å². The van der Waals surface area contributed by atoms with Crippen molar-refractivity contribution in [1.29, 1.82) is 0 Å². The van der Waals surface area contributed by atoms with Gasteiger partial charge in [-0.1, -0.05) is 17.8 Å². The van der Waals surface area contributed by atoms with Gasteiger partial charge in [-0.3, -0.25) is 0 Å². The van der Waals surface area contributed by atoms with Crippen molar-refractivity contribution in [3.63, 3.8) is 0 Å². The van der Waals surface area contributed by atoms with E-state index in [2.05, 4.69) is 4.98 Å². The third-order valence-corrected chi connectivity index (χ3v) is 3.35. The Hall–Kier alpha value is -1.46. The van der Waals surface area contributed by atoms with Crippen LogP contribution in [0.3, 0.4) is 0 Å². The molecule has 1 heterocycles. The van der Waals surface area contributed by atoms with E-state index < -0.39 is 17.7 Å². The number of pyridine rings is 1. The molecule has 0 amide bonds. The molecule has 0 bridgehead atoms. The molecule has 1 aromatic carbocycles. The molecule has 1 aromatic heterocycles. The fourth-order valence-electron chi connectivity index (χ4n) is 1.37. The standard InChI is InChI=1S/C13H11F2NOS/c1-8(17)9-2-5-13(16-7-9)18-12-4-3-10(14)6-11(12)15/h2-8,17H,1H3. The van der Waals surface area contributed by atoms with Crippen molar-refractivity contribution in [2.24, 2.45) is 0 Å². The Bertz CT molecular complexity index is 543. The molecule has 2 nitrogen and oxygen atoms in total. The highest BCUT2D eigenvalue weighted by Crippen LogP contribution is 2.29. The van der Waals surface area contributed by atoms with Gasteiger partial charge in [-0.05, 0) is 30.7 Å². The van der Waals surface area contributed by atoms with Crippen LogP contribution in [-0.4, -0.2) is 10.1 Å². The van der Waals surface area contributed by atoms with E-state index in [4.69, 9.17) is 0 Å². The van der Waals surface area contributed by atoms with Crippen LogP contribution in [0, 0.1) is 11.6 Å². The summed E-state index contributed by atoms with van der Waals surface area (Å²) in [7, 11) is 0. The molecule has 1 atom stereocenters. The van der Waals surface area contributed by atoms with Crippen molar-refractivity contribution in [3.8, 4) is 0 Å². The molecule has 94 valence electrons. The maximum atomic E-state index is 13.4. The number of hydrogen-bond acceptors (Lipinski definition) is 3. The van der Waals surface area contributed by atoms with Crippen molar-refractivity contribution in [2.75, 3.05) is 0 Å². The summed E-state index contributed by atoms with van der Waals surface area (Å²) in [5.41, 5.74) is 0.693. The molecule has 0 aliphatic carbocycles. The summed E-state index contributed by atoms with van der Waals surface area (Å²) in [6.07, 6.45) is 0.952. The third kappa shape index (κ3) is 3.05. The first-order chi connectivity index (χ1) is 8.56. The second-order valence-electron chi connectivity index (χ2n) is 3.78. The van der Waals surface area contributed by atoms with E-state index in [0.29, 0.717) is 15.5 Å². The Balaban J connectivity index is 2.18. The number of nitrogens with zero attached hydrogens (tertiary/aromatic N) is 1. The van der Waals surface area contributed by atoms with Gasteiger partial charge in [0.2, 0.25) is 0 Å². The number of hydrogen-bond donors (Lipinski definition) is 1. The van der Waals surface area contributed by atoms with Gasteiger partial charge in [0.15, 0.2) is 0 Å². The lowest BCUT2D eigenvalue weighted by molar-refractivity contribution is 0.198. The first-order valence-electron chi connectivity index (χ1n) is 5.33. The molecule has 0 aliphatic heterocycles. The van der Waals surface area contributed by atoms with Crippen molar-refractivity contribution in [2.45, 2.75) is 22.9 Å². The zero-order valence-electron chi connectivity index (χ0n) is 9.60. The predicted molar refractivity (Wildman–Crippen MR) is 65.4 cm³/mol. The first-order valence-corrected chi connectivity index (χ1v) is 6.15. The second kappa shape index (κ2) is 5.46. The summed E-state index contributed by atoms with van der Waals surface area (Å²) in [4.78, 5) is 4.41. The van der Waals surface area contributed by atoms with Crippen LogP contribution < -0.4 is 0 Å². The maximum Gasteiger partial charge on any atom is 0.140 e. The minimum absolute atomic E-state index is 0.314. The molecule has 0 fully saturated rings. The zero-order chi connectivity index (χ0) is 13.1. The SMILES string of the molecule is CC(O)c1ccc(Sc2ccc(F)cc2F)nc1. The third-order valence-electron chi connectivity index (χ3n) is 2.35. The van der Waals surface area contributed by atoms with E-state index >= 15 is 0 Å². The largest absolute Gasteiger partial charge is 0.389 e. The van der Waals surface area contributed by atoms with Crippen molar-refractivity contribution < 1.29 is 13.9 Å². The fraction of sp³-hybridized carbons (Fsp3) is 0.154. The minimum Gasteiger partial charge on any atom is -0.389 e. The maximum absolute atomic E-state index is 13.4. The monoisotopic (exact) mass is 267 g/mol. The quantitative estimate of drug-likeness (QED) is 0.923. The molecule has 2 rings (SSSR count). The second-order valence-corrected chi connectivity index (χ2v) is 4.84. The molecule has 0 aliphatic rings. The number of benzene rings is 1. The minimum atomic E-state index is -0.610. The van der Waals surface area contributed by atoms with E-state index in [-0.39, 0.29) is 0 Å². The highest BCUT2D eigenvalue weighted by molar-refractivity contribution is 7.99. The molecule has 0 spiro atoms. The van der Waals surface area contributed by atoms with E-state index in [1.165, 1.54) is 18.3 Å². The normalized spacial score (nSPS) is 12.4. The average Bonchev–Trinajstić information content (AvgIpc) is 2.33. The van der Waals surface area contributed by atoms with Gasteiger partial charge in [-0.2, -0.15) is 0 Å². The van der Waals surface area contributed by atoms with E-state index in [9.17, 15) is 13.9 Å². The summed E-state index contributed by atoms with van der Waals surface area (Å²) in [5.74, 6) is -1.21. The van der Waals surface area contributed by atoms with Gasteiger partial charge < -0.3 is 5.11 Å². The van der Waals surface area contributed by atoms with Crippen molar-refractivity contribution in [1.82, 2.24) is 4.98 Å². The van der Waals surface area contributed by atoms with Gasteiger partial charge in [-0.15, -0.1) is 0 Å². The molecular weight excluding hydrogens is 256 g/mol. The van der Waals surface area contributed by atoms with Crippen LogP contribution in [0.2, 0.25) is 0 Å². The van der Waals surface area contributed by atoms with Crippen LogP contribution in [-0.2, 0) is 0 Å². The van der Waals surface area contributed by atoms with Crippen LogP contribution in [0.5, 0.6) is 0 Å². The Morgan fingerprint density at radius 1 is 1.22 bits per heavy atom. The number of rotatable bonds is 3. The van der Waals surface area contributed by atoms with Gasteiger partial charge >= 0.3 is 0 Å². The lowest BCUT2D eigenvalue weighted by Gasteiger charge is -2.06. The molecule has 2 aromatic rings. The van der Waals surface area contributed by atoms with Gasteiger partial charge in [0, 0.05) is 17.2 Å². The van der Waals surface area contributed by atoms with Gasteiger partial charge in [0.25, 0.3) is 0 Å². The summed E-state index contributed by atoms with van der Waals surface area (Å²) >= 11 is 1.11. The highest BCUT2D eigenvalue weighted by Gasteiger charge is 2.07. The fourth-order valence-corrected chi connectivity index (χ4v) is 2.13. The first kappa shape index (κ1) is 13.0. The van der Waals surface area contributed by atoms with Crippen molar-refractivity contribution >= 4 is 11.8 Å². The molecule has 18 heavy (non-hydrogen) atoms. The molecule has 0 saturated carbocycles. The predicted octanol–water partition coefficient (Wildman–Crippen LogP) is 3.56. The Morgan fingerprint density at radius 3 is 2.56 bits per heavy atom. The average molecular weight is 267 g/mol. The van der Waals surface area contributed by atoms with Crippen LogP contribution in [0.25, 0.3) is 0 Å². The Kier molecular flexibility index (Phi) is 3.93. The van der Waals surface area contributed by atoms with E-state index in [1.54, 1.807) is 19.1 Å². The highest BCUT2D eigenvalue weighted by atomic mass is 32.2. The van der Waals surface area contributed by atoms with Crippen LogP contribution in [0.4, 0.5) is 8.78 Å². The topological polar surface area (TPSA) is 33.1 Å². The summed E-state index contributed by atoms with van der Waals surface area (Å²) in [6.45, 7) is 1.64. The molecule has 0 saturated heterocycles. The summed E-state index contributed by atoms with van der Waals surface area (Å²) < 4.78 is 26.2. The number of aliphatic hydroxyl groups is 1. The number of halogens is 2. The molecule has 1 N–H and O–H groups in total. The lowest BCUT2D eigenvalue weighted by atomic mass is 10.2. The lowest BCUT2D eigenvalue weighted by Crippen LogP contribution is -1.92. The number of aromatic nitrogens is 1. The van der Waals surface area contributed by atoms with Gasteiger partial charge in [0.1, 0.15) is 16.7 Å². The number of aliphatic hydroxyl groups excluding tert-OH is 1. The van der Waals surface area contributed by atoms with Crippen LogP contribution in [0.1, 0.15) is 18.6 Å². The van der Waals surface area contributed by atoms with Crippen LogP contribution >= 0.6 is 11.8 Å². The van der Waals surface area contributed by atoms with Gasteiger partial charge in [0.05, 0.1) is 6.10 Å². The zero-order valence-corrected chi connectivity index (χ0v) is 10.4. The molecule has 0 radical (unpaired) electrons. The van der Waals surface area contributed by atoms with Gasteiger partial charge in [-0.25, -0.2) is 13.8 Å². The van der Waals surface area contributed by atoms with Crippen LogP contribution in [0.15, 0.2) is 46.5 Å². The van der Waals surface area contributed by atoms with E-state index in [0.717, 1.165) is 17.8 Å². The smallest absolute Gasteiger partial charge is 0.140 e. The van der Waals surface area contributed by atoms with E-state index in [1.807, 2.05) is 0 Å². The molecular formula is C13H11F2NOS. The molecule has 1 unspecified atom stereocenters.